The van der Waals surface area contributed by atoms with Crippen molar-refractivity contribution in [1.29, 1.82) is 0 Å². The number of nitrogens with zero attached hydrogens (tertiary/aromatic N) is 4. The SMILES string of the molecule is COc1ccc2sc(N=Nc3ccc(N(CCO)CCO)cc3)nc2c1. The first-order valence-electron chi connectivity index (χ1n) is 8.16. The molecule has 136 valence electrons. The van der Waals surface area contributed by atoms with Crippen molar-refractivity contribution in [1.82, 2.24) is 4.98 Å². The zero-order chi connectivity index (χ0) is 18.4. The molecule has 0 aliphatic carbocycles. The zero-order valence-electron chi connectivity index (χ0n) is 14.4. The highest BCUT2D eigenvalue weighted by Gasteiger charge is 2.06. The average molecular weight is 372 g/mol. The Morgan fingerprint density at radius 3 is 2.42 bits per heavy atom. The fourth-order valence-electron chi connectivity index (χ4n) is 2.51. The molecule has 7 nitrogen and oxygen atoms in total. The molecule has 0 amide bonds. The number of fused-ring (bicyclic) bond motifs is 1. The van der Waals surface area contributed by atoms with Crippen LogP contribution in [0.1, 0.15) is 0 Å². The standard InChI is InChI=1S/C18H20N4O3S/c1-25-15-6-7-17-16(12-15)19-18(26-17)21-20-13-2-4-14(5-3-13)22(8-10-23)9-11-24/h2-7,12,23-24H,8-11H2,1H3. The van der Waals surface area contributed by atoms with E-state index in [2.05, 4.69) is 15.2 Å². The largest absolute Gasteiger partial charge is 0.497 e. The molecule has 0 saturated heterocycles. The summed E-state index contributed by atoms with van der Waals surface area (Å²) >= 11 is 1.47. The van der Waals surface area contributed by atoms with E-state index < -0.39 is 0 Å². The Morgan fingerprint density at radius 2 is 1.77 bits per heavy atom. The Bertz CT molecular complexity index is 874. The van der Waals surface area contributed by atoms with Crippen LogP contribution in [0.3, 0.4) is 0 Å². The molecule has 0 bridgehead atoms. The lowest BCUT2D eigenvalue weighted by Gasteiger charge is -2.22. The number of aliphatic hydroxyl groups is 2. The number of hydrogen-bond acceptors (Lipinski definition) is 8. The minimum absolute atomic E-state index is 0.0316. The number of ether oxygens (including phenoxy) is 1. The Balaban J connectivity index is 1.74. The van der Waals surface area contributed by atoms with E-state index in [4.69, 9.17) is 14.9 Å². The van der Waals surface area contributed by atoms with Gasteiger partial charge in [0.2, 0.25) is 5.13 Å². The van der Waals surface area contributed by atoms with Gasteiger partial charge < -0.3 is 19.8 Å². The average Bonchev–Trinajstić information content (AvgIpc) is 3.08. The Morgan fingerprint density at radius 1 is 1.04 bits per heavy atom. The van der Waals surface area contributed by atoms with E-state index >= 15 is 0 Å². The molecule has 2 aromatic carbocycles. The van der Waals surface area contributed by atoms with Crippen LogP contribution in [0.5, 0.6) is 5.75 Å². The number of benzene rings is 2. The van der Waals surface area contributed by atoms with Crippen molar-refractivity contribution in [3.63, 3.8) is 0 Å². The zero-order valence-corrected chi connectivity index (χ0v) is 15.2. The van der Waals surface area contributed by atoms with Gasteiger partial charge in [-0.3, -0.25) is 0 Å². The van der Waals surface area contributed by atoms with E-state index in [1.807, 2.05) is 47.4 Å². The third kappa shape index (κ3) is 4.34. The van der Waals surface area contributed by atoms with Gasteiger partial charge in [-0.1, -0.05) is 11.3 Å². The van der Waals surface area contributed by atoms with E-state index in [0.717, 1.165) is 21.7 Å². The fraction of sp³-hybridized carbons (Fsp3) is 0.278. The van der Waals surface area contributed by atoms with E-state index in [1.165, 1.54) is 11.3 Å². The molecule has 1 aromatic heterocycles. The third-order valence-corrected chi connectivity index (χ3v) is 4.71. The van der Waals surface area contributed by atoms with Gasteiger partial charge in [-0.2, -0.15) is 0 Å². The van der Waals surface area contributed by atoms with Crippen LogP contribution in [0, 0.1) is 0 Å². The second-order valence-corrected chi connectivity index (χ2v) is 6.49. The van der Waals surface area contributed by atoms with Gasteiger partial charge in [0.15, 0.2) is 0 Å². The highest BCUT2D eigenvalue weighted by Crippen LogP contribution is 2.31. The van der Waals surface area contributed by atoms with Crippen molar-refractivity contribution in [2.45, 2.75) is 0 Å². The van der Waals surface area contributed by atoms with Gasteiger partial charge in [0.25, 0.3) is 0 Å². The molecule has 0 aliphatic heterocycles. The fourth-order valence-corrected chi connectivity index (χ4v) is 3.27. The number of aromatic nitrogens is 1. The molecule has 2 N–H and O–H groups in total. The highest BCUT2D eigenvalue weighted by molar-refractivity contribution is 7.21. The predicted octanol–water partition coefficient (Wildman–Crippen LogP) is 3.51. The van der Waals surface area contributed by atoms with Crippen molar-refractivity contribution >= 4 is 38.1 Å². The minimum Gasteiger partial charge on any atom is -0.497 e. The first kappa shape index (κ1) is 18.2. The molecule has 0 fully saturated rings. The molecule has 0 saturated carbocycles. The lowest BCUT2D eigenvalue weighted by Crippen LogP contribution is -2.29. The van der Waals surface area contributed by atoms with Crippen LogP contribution < -0.4 is 9.64 Å². The molecular formula is C18H20N4O3S. The summed E-state index contributed by atoms with van der Waals surface area (Å²) < 4.78 is 6.23. The van der Waals surface area contributed by atoms with Crippen molar-refractivity contribution in [3.8, 4) is 5.75 Å². The first-order chi connectivity index (χ1) is 12.7. The van der Waals surface area contributed by atoms with Gasteiger partial charge in [-0.25, -0.2) is 4.98 Å². The van der Waals surface area contributed by atoms with E-state index in [0.29, 0.717) is 23.9 Å². The summed E-state index contributed by atoms with van der Waals surface area (Å²) in [5.41, 5.74) is 2.46. The Hall–Kier alpha value is -2.55. The lowest BCUT2D eigenvalue weighted by molar-refractivity contribution is 0.281. The van der Waals surface area contributed by atoms with E-state index in [-0.39, 0.29) is 13.2 Å². The summed E-state index contributed by atoms with van der Waals surface area (Å²) in [5.74, 6) is 0.761. The molecule has 3 aromatic rings. The molecule has 0 atom stereocenters. The van der Waals surface area contributed by atoms with Crippen LogP contribution in [0.4, 0.5) is 16.5 Å². The van der Waals surface area contributed by atoms with Crippen LogP contribution in [0.2, 0.25) is 0 Å². The quantitative estimate of drug-likeness (QED) is 0.591. The lowest BCUT2D eigenvalue weighted by atomic mass is 10.2. The van der Waals surface area contributed by atoms with Gasteiger partial charge in [0.1, 0.15) is 5.75 Å². The van der Waals surface area contributed by atoms with Gasteiger partial charge in [-0.05, 0) is 36.4 Å². The third-order valence-electron chi connectivity index (χ3n) is 3.79. The first-order valence-corrected chi connectivity index (χ1v) is 8.98. The topological polar surface area (TPSA) is 90.5 Å². The second-order valence-electron chi connectivity index (χ2n) is 5.48. The maximum absolute atomic E-state index is 9.11. The summed E-state index contributed by atoms with van der Waals surface area (Å²) in [5, 5.41) is 27.3. The van der Waals surface area contributed by atoms with Gasteiger partial charge in [-0.15, -0.1) is 10.2 Å². The van der Waals surface area contributed by atoms with Crippen LogP contribution >= 0.6 is 11.3 Å². The maximum atomic E-state index is 9.11. The number of hydrogen-bond donors (Lipinski definition) is 2. The molecule has 1 heterocycles. The molecule has 0 aliphatic rings. The molecule has 0 spiro atoms. The number of rotatable bonds is 8. The summed E-state index contributed by atoms with van der Waals surface area (Å²) in [6, 6.07) is 13.2. The summed E-state index contributed by atoms with van der Waals surface area (Å²) in [6.07, 6.45) is 0. The summed E-state index contributed by atoms with van der Waals surface area (Å²) in [7, 11) is 1.63. The molecule has 0 radical (unpaired) electrons. The number of anilines is 1. The predicted molar refractivity (Wildman–Crippen MR) is 103 cm³/mol. The van der Waals surface area contributed by atoms with Gasteiger partial charge in [0.05, 0.1) is 36.2 Å². The molecule has 8 heteroatoms. The van der Waals surface area contributed by atoms with Crippen LogP contribution in [0.25, 0.3) is 10.2 Å². The number of methoxy groups -OCH3 is 1. The Labute approximate surface area is 155 Å². The molecule has 26 heavy (non-hydrogen) atoms. The van der Waals surface area contributed by atoms with E-state index in [9.17, 15) is 0 Å². The van der Waals surface area contributed by atoms with Gasteiger partial charge >= 0.3 is 0 Å². The molecular weight excluding hydrogens is 352 g/mol. The number of thiazole rings is 1. The van der Waals surface area contributed by atoms with Crippen molar-refractivity contribution in [3.05, 3.63) is 42.5 Å². The van der Waals surface area contributed by atoms with Crippen LogP contribution in [-0.4, -0.2) is 48.6 Å². The summed E-state index contributed by atoms with van der Waals surface area (Å²) in [6.45, 7) is 1.00. The number of aliphatic hydroxyl groups excluding tert-OH is 2. The minimum atomic E-state index is 0.0316. The summed E-state index contributed by atoms with van der Waals surface area (Å²) in [4.78, 5) is 6.35. The number of azo groups is 1. The van der Waals surface area contributed by atoms with Crippen LogP contribution in [-0.2, 0) is 0 Å². The monoisotopic (exact) mass is 372 g/mol. The van der Waals surface area contributed by atoms with Crippen molar-refractivity contribution < 1.29 is 14.9 Å². The Kier molecular flexibility index (Phi) is 6.11. The maximum Gasteiger partial charge on any atom is 0.231 e. The smallest absolute Gasteiger partial charge is 0.231 e. The van der Waals surface area contributed by atoms with Gasteiger partial charge in [0, 0.05) is 24.8 Å². The molecule has 0 unspecified atom stereocenters. The highest BCUT2D eigenvalue weighted by atomic mass is 32.1. The molecule has 3 rings (SSSR count). The normalized spacial score (nSPS) is 11.3. The van der Waals surface area contributed by atoms with Crippen molar-refractivity contribution in [2.75, 3.05) is 38.3 Å². The van der Waals surface area contributed by atoms with Crippen LogP contribution in [0.15, 0.2) is 52.7 Å². The van der Waals surface area contributed by atoms with Crippen molar-refractivity contribution in [2.24, 2.45) is 10.2 Å². The van der Waals surface area contributed by atoms with E-state index in [1.54, 1.807) is 7.11 Å². The second kappa shape index (κ2) is 8.70.